The van der Waals surface area contributed by atoms with Crippen molar-refractivity contribution in [3.63, 3.8) is 0 Å². The van der Waals surface area contributed by atoms with Crippen LogP contribution in [0.4, 0.5) is 17.6 Å². The Kier molecular flexibility index (Phi) is 7.29. The first-order valence-corrected chi connectivity index (χ1v) is 11.4. The van der Waals surface area contributed by atoms with Crippen molar-refractivity contribution in [2.24, 2.45) is 0 Å². The van der Waals surface area contributed by atoms with Gasteiger partial charge in [-0.05, 0) is 29.3 Å². The standard InChI is InChI=1S/C26H21F4NO2S/c27-23-21-11-5-9-19(16-33-13-12-31-25(32)18-7-2-1-3-8-18)24(21)34-22(23)15-17-6-4-10-20(14-17)26(28,29)30/h1-11,14H,12-13,15-16H2,(H,31,32). The number of carbonyl (C=O) groups is 1. The lowest BCUT2D eigenvalue weighted by molar-refractivity contribution is -0.137. The first-order chi connectivity index (χ1) is 16.3. The lowest BCUT2D eigenvalue weighted by Crippen LogP contribution is -2.27. The molecule has 0 bridgehead atoms. The van der Waals surface area contributed by atoms with E-state index in [0.717, 1.165) is 17.7 Å². The summed E-state index contributed by atoms with van der Waals surface area (Å²) in [6.07, 6.45) is -4.37. The summed E-state index contributed by atoms with van der Waals surface area (Å²) in [5.74, 6) is -0.611. The van der Waals surface area contributed by atoms with Crippen molar-refractivity contribution in [1.82, 2.24) is 5.32 Å². The molecule has 0 atom stereocenters. The fourth-order valence-corrected chi connectivity index (χ4v) is 4.79. The van der Waals surface area contributed by atoms with Gasteiger partial charge in [0.2, 0.25) is 0 Å². The molecule has 0 fully saturated rings. The normalized spacial score (nSPS) is 11.6. The van der Waals surface area contributed by atoms with E-state index in [-0.39, 0.29) is 25.5 Å². The Labute approximate surface area is 198 Å². The van der Waals surface area contributed by atoms with Crippen LogP contribution in [0.3, 0.4) is 0 Å². The summed E-state index contributed by atoms with van der Waals surface area (Å²) in [4.78, 5) is 12.4. The van der Waals surface area contributed by atoms with Crippen molar-refractivity contribution in [2.75, 3.05) is 13.2 Å². The van der Waals surface area contributed by atoms with Crippen LogP contribution >= 0.6 is 11.3 Å². The van der Waals surface area contributed by atoms with Gasteiger partial charge in [-0.1, -0.05) is 54.6 Å². The largest absolute Gasteiger partial charge is 0.416 e. The van der Waals surface area contributed by atoms with E-state index in [1.54, 1.807) is 42.5 Å². The van der Waals surface area contributed by atoms with Crippen LogP contribution in [-0.2, 0) is 23.9 Å². The van der Waals surface area contributed by atoms with Gasteiger partial charge in [0.25, 0.3) is 5.91 Å². The molecule has 0 saturated heterocycles. The molecule has 0 aliphatic heterocycles. The third-order valence-electron chi connectivity index (χ3n) is 5.25. The van der Waals surface area contributed by atoms with E-state index in [1.807, 2.05) is 12.1 Å². The third-order valence-corrected chi connectivity index (χ3v) is 6.50. The maximum atomic E-state index is 15.0. The summed E-state index contributed by atoms with van der Waals surface area (Å²) in [7, 11) is 0. The van der Waals surface area contributed by atoms with Gasteiger partial charge in [0.05, 0.1) is 18.8 Å². The number of amides is 1. The number of hydrogen-bond donors (Lipinski definition) is 1. The maximum absolute atomic E-state index is 15.0. The van der Waals surface area contributed by atoms with Gasteiger partial charge in [0, 0.05) is 33.5 Å². The summed E-state index contributed by atoms with van der Waals surface area (Å²) >= 11 is 1.22. The number of rotatable bonds is 8. The first kappa shape index (κ1) is 23.9. The van der Waals surface area contributed by atoms with Crippen LogP contribution in [0, 0.1) is 5.82 Å². The number of fused-ring (bicyclic) bond motifs is 1. The summed E-state index contributed by atoms with van der Waals surface area (Å²) in [6, 6.07) is 19.0. The van der Waals surface area contributed by atoms with E-state index in [0.29, 0.717) is 32.6 Å². The molecule has 3 nitrogen and oxygen atoms in total. The van der Waals surface area contributed by atoms with E-state index in [1.165, 1.54) is 17.4 Å². The van der Waals surface area contributed by atoms with Gasteiger partial charge in [-0.25, -0.2) is 4.39 Å². The number of halogens is 4. The van der Waals surface area contributed by atoms with Gasteiger partial charge in [-0.15, -0.1) is 11.3 Å². The zero-order valence-electron chi connectivity index (χ0n) is 18.0. The van der Waals surface area contributed by atoms with Crippen LogP contribution in [0.25, 0.3) is 10.1 Å². The minimum Gasteiger partial charge on any atom is -0.375 e. The molecule has 0 unspecified atom stereocenters. The molecule has 4 rings (SSSR count). The van der Waals surface area contributed by atoms with E-state index in [2.05, 4.69) is 5.32 Å². The SMILES string of the molecule is O=C(NCCOCc1cccc2c(F)c(Cc3cccc(C(F)(F)F)c3)sc12)c1ccccc1. The van der Waals surface area contributed by atoms with Gasteiger partial charge < -0.3 is 10.1 Å². The molecule has 1 N–H and O–H groups in total. The summed E-state index contributed by atoms with van der Waals surface area (Å²) < 4.78 is 60.4. The average Bonchev–Trinajstić information content (AvgIpc) is 3.15. The Bertz CT molecular complexity index is 1290. The highest BCUT2D eigenvalue weighted by Gasteiger charge is 2.30. The molecular formula is C26H21F4NO2S. The zero-order valence-corrected chi connectivity index (χ0v) is 18.8. The third kappa shape index (κ3) is 5.63. The van der Waals surface area contributed by atoms with E-state index >= 15 is 4.39 Å². The number of thiophene rings is 1. The molecule has 0 aliphatic carbocycles. The molecule has 0 radical (unpaired) electrons. The molecular weight excluding hydrogens is 466 g/mol. The van der Waals surface area contributed by atoms with Crippen LogP contribution in [-0.4, -0.2) is 19.1 Å². The summed E-state index contributed by atoms with van der Waals surface area (Å²) in [5.41, 5.74) is 0.993. The molecule has 34 heavy (non-hydrogen) atoms. The Morgan fingerprint density at radius 3 is 2.50 bits per heavy atom. The number of carbonyl (C=O) groups excluding carboxylic acids is 1. The second-order valence-corrected chi connectivity index (χ2v) is 8.79. The topological polar surface area (TPSA) is 38.3 Å². The molecule has 3 aromatic carbocycles. The average molecular weight is 488 g/mol. The van der Waals surface area contributed by atoms with Crippen molar-refractivity contribution in [1.29, 1.82) is 0 Å². The van der Waals surface area contributed by atoms with E-state index in [9.17, 15) is 18.0 Å². The fourth-order valence-electron chi connectivity index (χ4n) is 3.58. The Hall–Kier alpha value is -3.23. The van der Waals surface area contributed by atoms with Gasteiger partial charge >= 0.3 is 6.18 Å². The lowest BCUT2D eigenvalue weighted by Gasteiger charge is -2.08. The van der Waals surface area contributed by atoms with Crippen LogP contribution in [0.2, 0.25) is 0 Å². The number of ether oxygens (including phenoxy) is 1. The fraction of sp³-hybridized carbons (Fsp3) is 0.192. The highest BCUT2D eigenvalue weighted by atomic mass is 32.1. The molecule has 0 saturated carbocycles. The summed E-state index contributed by atoms with van der Waals surface area (Å²) in [5, 5.41) is 3.20. The smallest absolute Gasteiger partial charge is 0.375 e. The molecule has 0 spiro atoms. The first-order valence-electron chi connectivity index (χ1n) is 10.6. The quantitative estimate of drug-likeness (QED) is 0.225. The predicted molar refractivity (Wildman–Crippen MR) is 124 cm³/mol. The van der Waals surface area contributed by atoms with E-state index in [4.69, 9.17) is 4.74 Å². The van der Waals surface area contributed by atoms with Gasteiger partial charge in [-0.2, -0.15) is 13.2 Å². The number of nitrogens with one attached hydrogen (secondary N) is 1. The number of hydrogen-bond acceptors (Lipinski definition) is 3. The van der Waals surface area contributed by atoms with Crippen LogP contribution in [0.15, 0.2) is 72.8 Å². The molecule has 4 aromatic rings. The summed E-state index contributed by atoms with van der Waals surface area (Å²) in [6.45, 7) is 0.824. The van der Waals surface area contributed by atoms with Gasteiger partial charge in [-0.3, -0.25) is 4.79 Å². The van der Waals surface area contributed by atoms with Crippen LogP contribution in [0.5, 0.6) is 0 Å². The molecule has 1 heterocycles. The van der Waals surface area contributed by atoms with Gasteiger partial charge in [0.1, 0.15) is 5.82 Å². The lowest BCUT2D eigenvalue weighted by atomic mass is 10.1. The second-order valence-electron chi connectivity index (χ2n) is 7.68. The second kappa shape index (κ2) is 10.4. The maximum Gasteiger partial charge on any atom is 0.416 e. The van der Waals surface area contributed by atoms with Crippen molar-refractivity contribution < 1.29 is 27.1 Å². The van der Waals surface area contributed by atoms with Crippen molar-refractivity contribution >= 4 is 27.3 Å². The number of benzene rings is 3. The molecule has 1 aromatic heterocycles. The van der Waals surface area contributed by atoms with Crippen LogP contribution in [0.1, 0.15) is 31.9 Å². The van der Waals surface area contributed by atoms with E-state index < -0.39 is 17.6 Å². The molecule has 1 amide bonds. The molecule has 176 valence electrons. The highest BCUT2D eigenvalue weighted by Crippen LogP contribution is 2.35. The molecule has 8 heteroatoms. The minimum absolute atomic E-state index is 0.0704. The Morgan fingerprint density at radius 1 is 0.971 bits per heavy atom. The zero-order chi connectivity index (χ0) is 24.1. The van der Waals surface area contributed by atoms with Crippen molar-refractivity contribution in [3.8, 4) is 0 Å². The minimum atomic E-state index is -4.44. The van der Waals surface area contributed by atoms with Gasteiger partial charge in [0.15, 0.2) is 0 Å². The highest BCUT2D eigenvalue weighted by molar-refractivity contribution is 7.19. The predicted octanol–water partition coefficient (Wildman–Crippen LogP) is 6.60. The van der Waals surface area contributed by atoms with Crippen molar-refractivity contribution in [2.45, 2.75) is 19.2 Å². The number of alkyl halides is 3. The van der Waals surface area contributed by atoms with Crippen LogP contribution < -0.4 is 5.32 Å². The Morgan fingerprint density at radius 2 is 1.74 bits per heavy atom. The molecule has 0 aliphatic rings. The van der Waals surface area contributed by atoms with Crippen molar-refractivity contribution in [3.05, 3.63) is 106 Å². The Balaban J connectivity index is 1.40. The monoisotopic (exact) mass is 487 g/mol.